The Morgan fingerprint density at radius 1 is 1.08 bits per heavy atom. The fourth-order valence-electron chi connectivity index (χ4n) is 1.33. The Morgan fingerprint density at radius 3 is 2.46 bits per heavy atom. The summed E-state index contributed by atoms with van der Waals surface area (Å²) in [6.45, 7) is 9.97. The molecule has 0 rings (SSSR count). The molecule has 1 unspecified atom stereocenters. The van der Waals surface area contributed by atoms with Crippen molar-refractivity contribution in [1.29, 1.82) is 0 Å². The molecule has 0 bridgehead atoms. The van der Waals surface area contributed by atoms with Crippen LogP contribution in [0.15, 0.2) is 0 Å². The third-order valence-corrected chi connectivity index (χ3v) is 2.22. The van der Waals surface area contributed by atoms with Gasteiger partial charge in [-0.05, 0) is 26.4 Å². The van der Waals surface area contributed by atoms with Crippen LogP contribution < -0.4 is 10.6 Å². The highest BCUT2D eigenvalue weighted by molar-refractivity contribution is 4.62. The second kappa shape index (κ2) is 10.0. The van der Waals surface area contributed by atoms with Crippen molar-refractivity contribution in [3.63, 3.8) is 0 Å². The number of rotatable bonds is 9. The van der Waals surface area contributed by atoms with Gasteiger partial charge in [0.2, 0.25) is 0 Å². The predicted molar refractivity (Wildman–Crippen MR) is 60.2 cm³/mol. The van der Waals surface area contributed by atoms with Gasteiger partial charge in [0.25, 0.3) is 0 Å². The first-order valence-corrected chi connectivity index (χ1v) is 5.75. The maximum Gasteiger partial charge on any atom is 0.0164 e. The van der Waals surface area contributed by atoms with Gasteiger partial charge in [0, 0.05) is 12.6 Å². The highest BCUT2D eigenvalue weighted by Gasteiger charge is 1.97. The minimum atomic E-state index is 0.613. The van der Waals surface area contributed by atoms with Gasteiger partial charge >= 0.3 is 0 Å². The van der Waals surface area contributed by atoms with Crippen LogP contribution in [0.1, 0.15) is 46.5 Å². The molecule has 80 valence electrons. The third kappa shape index (κ3) is 9.84. The summed E-state index contributed by atoms with van der Waals surface area (Å²) in [7, 11) is 0. The van der Waals surface area contributed by atoms with E-state index in [9.17, 15) is 0 Å². The Balaban J connectivity index is 3.03. The summed E-state index contributed by atoms with van der Waals surface area (Å²) in [6.07, 6.45) is 5.40. The third-order valence-electron chi connectivity index (χ3n) is 2.22. The summed E-state index contributed by atoms with van der Waals surface area (Å²) in [6, 6.07) is 0.613. The van der Waals surface area contributed by atoms with E-state index in [0.29, 0.717) is 6.04 Å². The minimum absolute atomic E-state index is 0.613. The molecule has 0 aromatic heterocycles. The molecule has 0 fully saturated rings. The highest BCUT2D eigenvalue weighted by Crippen LogP contribution is 1.97. The van der Waals surface area contributed by atoms with E-state index in [1.54, 1.807) is 0 Å². The lowest BCUT2D eigenvalue weighted by Crippen LogP contribution is -2.36. The van der Waals surface area contributed by atoms with Crippen molar-refractivity contribution in [2.24, 2.45) is 0 Å². The van der Waals surface area contributed by atoms with Gasteiger partial charge in [0.1, 0.15) is 0 Å². The summed E-state index contributed by atoms with van der Waals surface area (Å²) in [5.74, 6) is 0. The van der Waals surface area contributed by atoms with E-state index in [2.05, 4.69) is 31.4 Å². The number of likely N-dealkylation sites (N-methyl/N-ethyl adjacent to an activating group) is 1. The molecule has 0 aliphatic rings. The number of hydrogen-bond donors (Lipinski definition) is 2. The van der Waals surface area contributed by atoms with Crippen LogP contribution in [-0.2, 0) is 0 Å². The predicted octanol–water partition coefficient (Wildman–Crippen LogP) is 2.15. The molecule has 0 aliphatic carbocycles. The average molecular weight is 186 g/mol. The molecule has 2 heteroatoms. The van der Waals surface area contributed by atoms with Crippen molar-refractivity contribution in [2.75, 3.05) is 19.6 Å². The topological polar surface area (TPSA) is 24.1 Å². The number of nitrogens with one attached hydrogen (secondary N) is 2. The maximum atomic E-state index is 3.51. The molecule has 2 N–H and O–H groups in total. The zero-order chi connectivity index (χ0) is 9.94. The molecule has 1 atom stereocenters. The lowest BCUT2D eigenvalue weighted by Gasteiger charge is -2.13. The van der Waals surface area contributed by atoms with Gasteiger partial charge in [-0.15, -0.1) is 0 Å². The minimum Gasteiger partial charge on any atom is -0.315 e. The monoisotopic (exact) mass is 186 g/mol. The van der Waals surface area contributed by atoms with E-state index in [4.69, 9.17) is 0 Å². The van der Waals surface area contributed by atoms with E-state index in [0.717, 1.165) is 13.1 Å². The van der Waals surface area contributed by atoms with Gasteiger partial charge in [-0.2, -0.15) is 0 Å². The number of hydrogen-bond acceptors (Lipinski definition) is 2. The molecule has 0 aliphatic heterocycles. The fraction of sp³-hybridized carbons (Fsp3) is 1.00. The van der Waals surface area contributed by atoms with Crippen molar-refractivity contribution >= 4 is 0 Å². The largest absolute Gasteiger partial charge is 0.315 e. The highest BCUT2D eigenvalue weighted by atomic mass is 15.0. The zero-order valence-corrected chi connectivity index (χ0v) is 9.53. The second-order valence-electron chi connectivity index (χ2n) is 3.72. The van der Waals surface area contributed by atoms with Gasteiger partial charge in [0.05, 0.1) is 0 Å². The van der Waals surface area contributed by atoms with Crippen LogP contribution in [0.5, 0.6) is 0 Å². The van der Waals surface area contributed by atoms with Gasteiger partial charge in [-0.25, -0.2) is 0 Å². The Kier molecular flexibility index (Phi) is 9.94. The lowest BCUT2D eigenvalue weighted by molar-refractivity contribution is 0.492. The summed E-state index contributed by atoms with van der Waals surface area (Å²) in [5.41, 5.74) is 0. The van der Waals surface area contributed by atoms with Crippen LogP contribution in [0.25, 0.3) is 0 Å². The van der Waals surface area contributed by atoms with E-state index < -0.39 is 0 Å². The summed E-state index contributed by atoms with van der Waals surface area (Å²) in [4.78, 5) is 0. The molecular formula is C11H26N2. The van der Waals surface area contributed by atoms with Crippen LogP contribution >= 0.6 is 0 Å². The normalized spacial score (nSPS) is 13.2. The van der Waals surface area contributed by atoms with Gasteiger partial charge in [-0.1, -0.05) is 33.1 Å². The SMILES string of the molecule is CCCCCCNC(C)CNCC. The van der Waals surface area contributed by atoms with E-state index >= 15 is 0 Å². The van der Waals surface area contributed by atoms with Crippen molar-refractivity contribution in [3.05, 3.63) is 0 Å². The van der Waals surface area contributed by atoms with Crippen LogP contribution in [0.2, 0.25) is 0 Å². The summed E-state index contributed by atoms with van der Waals surface area (Å²) in [5, 5.41) is 6.85. The molecule has 0 aromatic carbocycles. The molecule has 0 heterocycles. The zero-order valence-electron chi connectivity index (χ0n) is 9.53. The molecule has 0 radical (unpaired) electrons. The fourth-order valence-corrected chi connectivity index (χ4v) is 1.33. The molecule has 0 saturated heterocycles. The quantitative estimate of drug-likeness (QED) is 0.539. The van der Waals surface area contributed by atoms with E-state index in [-0.39, 0.29) is 0 Å². The van der Waals surface area contributed by atoms with Crippen molar-refractivity contribution in [3.8, 4) is 0 Å². The molecule has 2 nitrogen and oxygen atoms in total. The van der Waals surface area contributed by atoms with Gasteiger partial charge in [-0.3, -0.25) is 0 Å². The van der Waals surface area contributed by atoms with Crippen molar-refractivity contribution < 1.29 is 0 Å². The van der Waals surface area contributed by atoms with Crippen LogP contribution in [0.3, 0.4) is 0 Å². The Hall–Kier alpha value is -0.0800. The Bertz CT molecular complexity index is 94.1. The Morgan fingerprint density at radius 2 is 1.85 bits per heavy atom. The smallest absolute Gasteiger partial charge is 0.0164 e. The number of unbranched alkanes of at least 4 members (excludes halogenated alkanes) is 3. The van der Waals surface area contributed by atoms with Crippen LogP contribution in [0, 0.1) is 0 Å². The van der Waals surface area contributed by atoms with Crippen LogP contribution in [-0.4, -0.2) is 25.7 Å². The van der Waals surface area contributed by atoms with E-state index in [1.165, 1.54) is 32.2 Å². The first-order valence-electron chi connectivity index (χ1n) is 5.75. The molecule has 0 saturated carbocycles. The first-order chi connectivity index (χ1) is 6.31. The lowest BCUT2D eigenvalue weighted by atomic mass is 10.2. The molecule has 0 spiro atoms. The second-order valence-corrected chi connectivity index (χ2v) is 3.72. The molecule has 0 amide bonds. The van der Waals surface area contributed by atoms with Gasteiger partial charge in [0.15, 0.2) is 0 Å². The maximum absolute atomic E-state index is 3.51. The molecule has 13 heavy (non-hydrogen) atoms. The first kappa shape index (κ1) is 12.9. The van der Waals surface area contributed by atoms with Crippen molar-refractivity contribution in [1.82, 2.24) is 10.6 Å². The average Bonchev–Trinajstić information content (AvgIpc) is 2.14. The summed E-state index contributed by atoms with van der Waals surface area (Å²) < 4.78 is 0. The standard InChI is InChI=1S/C11H26N2/c1-4-6-7-8-9-13-11(3)10-12-5-2/h11-13H,4-10H2,1-3H3. The van der Waals surface area contributed by atoms with E-state index in [1.807, 2.05) is 0 Å². The molecule has 0 aromatic rings. The van der Waals surface area contributed by atoms with Crippen molar-refractivity contribution in [2.45, 2.75) is 52.5 Å². The summed E-state index contributed by atoms with van der Waals surface area (Å²) >= 11 is 0. The molecular weight excluding hydrogens is 160 g/mol. The van der Waals surface area contributed by atoms with Crippen LogP contribution in [0.4, 0.5) is 0 Å². The van der Waals surface area contributed by atoms with Gasteiger partial charge < -0.3 is 10.6 Å². The Labute approximate surface area is 83.5 Å².